The van der Waals surface area contributed by atoms with Crippen molar-refractivity contribution in [1.29, 1.82) is 0 Å². The Bertz CT molecular complexity index is 540. The zero-order chi connectivity index (χ0) is 12.3. The molecule has 4 nitrogen and oxygen atoms in total. The summed E-state index contributed by atoms with van der Waals surface area (Å²) in [6, 6.07) is 5.11. The Morgan fingerprint density at radius 1 is 1.29 bits per heavy atom. The zero-order valence-electron chi connectivity index (χ0n) is 9.05. The summed E-state index contributed by atoms with van der Waals surface area (Å²) in [5, 5.41) is 0. The van der Waals surface area contributed by atoms with Gasteiger partial charge in [-0.05, 0) is 35.0 Å². The lowest BCUT2D eigenvalue weighted by Crippen LogP contribution is -1.94. The van der Waals surface area contributed by atoms with Gasteiger partial charge in [0, 0.05) is 28.5 Å². The van der Waals surface area contributed by atoms with Crippen LogP contribution in [0.25, 0.3) is 0 Å². The molecule has 0 aliphatic rings. The smallest absolute Gasteiger partial charge is 0.219 e. The number of ketones is 1. The standard InChI is InChI=1S/C12H9BrN2O2/c1-8(16)9-2-3-12(15-5-9)17-11-4-10(13)6-14-7-11/h2-7H,1H3. The second kappa shape index (κ2) is 5.05. The van der Waals surface area contributed by atoms with Crippen molar-refractivity contribution in [3.8, 4) is 11.6 Å². The first-order valence-corrected chi connectivity index (χ1v) is 5.70. The van der Waals surface area contributed by atoms with E-state index in [9.17, 15) is 4.79 Å². The van der Waals surface area contributed by atoms with E-state index in [2.05, 4.69) is 25.9 Å². The van der Waals surface area contributed by atoms with E-state index in [1.165, 1.54) is 13.1 Å². The van der Waals surface area contributed by atoms with Crippen LogP contribution in [0.4, 0.5) is 0 Å². The summed E-state index contributed by atoms with van der Waals surface area (Å²) in [6.07, 6.45) is 4.74. The molecule has 0 fully saturated rings. The van der Waals surface area contributed by atoms with Gasteiger partial charge in [-0.3, -0.25) is 9.78 Å². The summed E-state index contributed by atoms with van der Waals surface area (Å²) in [4.78, 5) is 19.1. The highest BCUT2D eigenvalue weighted by atomic mass is 79.9. The molecular formula is C12H9BrN2O2. The molecule has 0 amide bonds. The van der Waals surface area contributed by atoms with E-state index in [1.807, 2.05) is 0 Å². The Kier molecular flexibility index (Phi) is 3.49. The lowest BCUT2D eigenvalue weighted by molar-refractivity contribution is 0.101. The van der Waals surface area contributed by atoms with Gasteiger partial charge in [0.2, 0.25) is 5.88 Å². The van der Waals surface area contributed by atoms with Crippen LogP contribution in [0, 0.1) is 0 Å². The molecular weight excluding hydrogens is 284 g/mol. The van der Waals surface area contributed by atoms with Gasteiger partial charge in [0.15, 0.2) is 5.78 Å². The molecule has 2 aromatic rings. The number of aromatic nitrogens is 2. The van der Waals surface area contributed by atoms with Crippen molar-refractivity contribution in [2.45, 2.75) is 6.92 Å². The average molecular weight is 293 g/mol. The van der Waals surface area contributed by atoms with Gasteiger partial charge in [-0.2, -0.15) is 0 Å². The van der Waals surface area contributed by atoms with E-state index in [1.54, 1.807) is 30.6 Å². The van der Waals surface area contributed by atoms with Gasteiger partial charge in [0.05, 0.1) is 6.20 Å². The van der Waals surface area contributed by atoms with Crippen LogP contribution in [0.2, 0.25) is 0 Å². The van der Waals surface area contributed by atoms with E-state index >= 15 is 0 Å². The molecule has 0 N–H and O–H groups in total. The van der Waals surface area contributed by atoms with Crippen molar-refractivity contribution >= 4 is 21.7 Å². The maximum Gasteiger partial charge on any atom is 0.219 e. The summed E-state index contributed by atoms with van der Waals surface area (Å²) in [5.41, 5.74) is 0.560. The Hall–Kier alpha value is -1.75. The molecule has 0 spiro atoms. The third-order valence-corrected chi connectivity index (χ3v) is 2.48. The first kappa shape index (κ1) is 11.7. The summed E-state index contributed by atoms with van der Waals surface area (Å²) in [6.45, 7) is 1.50. The van der Waals surface area contributed by atoms with Gasteiger partial charge in [-0.15, -0.1) is 0 Å². The van der Waals surface area contributed by atoms with Gasteiger partial charge >= 0.3 is 0 Å². The topological polar surface area (TPSA) is 52.1 Å². The number of nitrogens with zero attached hydrogens (tertiary/aromatic N) is 2. The molecule has 86 valence electrons. The molecule has 17 heavy (non-hydrogen) atoms. The second-order valence-electron chi connectivity index (χ2n) is 3.38. The van der Waals surface area contributed by atoms with Crippen LogP contribution in [0.1, 0.15) is 17.3 Å². The normalized spacial score (nSPS) is 10.0. The fourth-order valence-electron chi connectivity index (χ4n) is 1.22. The third kappa shape index (κ3) is 3.10. The van der Waals surface area contributed by atoms with Crippen molar-refractivity contribution in [1.82, 2.24) is 9.97 Å². The van der Waals surface area contributed by atoms with Crippen molar-refractivity contribution in [3.05, 3.63) is 46.8 Å². The maximum absolute atomic E-state index is 11.1. The number of Topliss-reactive ketones (excluding diaryl/α,β-unsaturated/α-hetero) is 1. The highest BCUT2D eigenvalue weighted by Crippen LogP contribution is 2.21. The zero-order valence-corrected chi connectivity index (χ0v) is 10.6. The largest absolute Gasteiger partial charge is 0.437 e. The molecule has 0 atom stereocenters. The minimum Gasteiger partial charge on any atom is -0.437 e. The van der Waals surface area contributed by atoms with Crippen LogP contribution in [0.15, 0.2) is 41.3 Å². The molecule has 0 saturated heterocycles. The quantitative estimate of drug-likeness (QED) is 0.815. The van der Waals surface area contributed by atoms with E-state index in [0.717, 1.165) is 4.47 Å². The minimum atomic E-state index is -0.0202. The number of carbonyl (C=O) groups excluding carboxylic acids is 1. The number of hydrogen-bond donors (Lipinski definition) is 0. The summed E-state index contributed by atoms with van der Waals surface area (Å²) < 4.78 is 6.31. The molecule has 0 aromatic carbocycles. The first-order valence-electron chi connectivity index (χ1n) is 4.90. The number of carbonyl (C=O) groups is 1. The van der Waals surface area contributed by atoms with Crippen LogP contribution < -0.4 is 4.74 Å². The van der Waals surface area contributed by atoms with Crippen molar-refractivity contribution in [2.75, 3.05) is 0 Å². The average Bonchev–Trinajstić information content (AvgIpc) is 2.29. The summed E-state index contributed by atoms with van der Waals surface area (Å²) in [7, 11) is 0. The molecule has 0 bridgehead atoms. The molecule has 0 aliphatic carbocycles. The number of hydrogen-bond acceptors (Lipinski definition) is 4. The molecule has 0 radical (unpaired) electrons. The predicted octanol–water partition coefficient (Wildman–Crippen LogP) is 3.23. The van der Waals surface area contributed by atoms with Gasteiger partial charge in [0.25, 0.3) is 0 Å². The van der Waals surface area contributed by atoms with E-state index in [-0.39, 0.29) is 5.78 Å². The fourth-order valence-corrected chi connectivity index (χ4v) is 1.56. The van der Waals surface area contributed by atoms with Gasteiger partial charge in [-0.25, -0.2) is 4.98 Å². The van der Waals surface area contributed by atoms with E-state index in [0.29, 0.717) is 17.2 Å². The minimum absolute atomic E-state index is 0.0202. The second-order valence-corrected chi connectivity index (χ2v) is 4.30. The highest BCUT2D eigenvalue weighted by Gasteiger charge is 2.02. The molecule has 5 heteroatoms. The Balaban J connectivity index is 2.16. The molecule has 2 rings (SSSR count). The predicted molar refractivity (Wildman–Crippen MR) is 66.3 cm³/mol. The Morgan fingerprint density at radius 2 is 2.12 bits per heavy atom. The van der Waals surface area contributed by atoms with Crippen LogP contribution in [0.3, 0.4) is 0 Å². The lowest BCUT2D eigenvalue weighted by atomic mass is 10.2. The number of ether oxygens (including phenoxy) is 1. The third-order valence-electron chi connectivity index (χ3n) is 2.05. The van der Waals surface area contributed by atoms with Gasteiger partial charge in [-0.1, -0.05) is 0 Å². The van der Waals surface area contributed by atoms with Gasteiger partial charge < -0.3 is 4.74 Å². The molecule has 0 aliphatic heterocycles. The number of halogens is 1. The Labute approximate surface area is 107 Å². The first-order chi connectivity index (χ1) is 8.15. The number of rotatable bonds is 3. The van der Waals surface area contributed by atoms with Crippen LogP contribution in [-0.4, -0.2) is 15.8 Å². The summed E-state index contributed by atoms with van der Waals surface area (Å²) >= 11 is 3.30. The molecule has 0 unspecified atom stereocenters. The fraction of sp³-hybridized carbons (Fsp3) is 0.0833. The Morgan fingerprint density at radius 3 is 2.71 bits per heavy atom. The van der Waals surface area contributed by atoms with E-state index in [4.69, 9.17) is 4.74 Å². The van der Waals surface area contributed by atoms with Crippen LogP contribution >= 0.6 is 15.9 Å². The SMILES string of the molecule is CC(=O)c1ccc(Oc2cncc(Br)c2)nc1. The monoisotopic (exact) mass is 292 g/mol. The number of pyridine rings is 2. The maximum atomic E-state index is 11.1. The highest BCUT2D eigenvalue weighted by molar-refractivity contribution is 9.10. The van der Waals surface area contributed by atoms with Crippen LogP contribution in [-0.2, 0) is 0 Å². The molecule has 0 saturated carbocycles. The van der Waals surface area contributed by atoms with Crippen molar-refractivity contribution in [3.63, 3.8) is 0 Å². The summed E-state index contributed by atoms with van der Waals surface area (Å²) in [5.74, 6) is 0.991. The van der Waals surface area contributed by atoms with Crippen molar-refractivity contribution in [2.24, 2.45) is 0 Å². The molecule has 2 aromatic heterocycles. The molecule has 2 heterocycles. The van der Waals surface area contributed by atoms with Crippen molar-refractivity contribution < 1.29 is 9.53 Å². The van der Waals surface area contributed by atoms with Gasteiger partial charge in [0.1, 0.15) is 5.75 Å². The lowest BCUT2D eigenvalue weighted by Gasteiger charge is -2.04. The van der Waals surface area contributed by atoms with Crippen LogP contribution in [0.5, 0.6) is 11.6 Å². The van der Waals surface area contributed by atoms with E-state index < -0.39 is 0 Å².